The summed E-state index contributed by atoms with van der Waals surface area (Å²) in [4.78, 5) is 0.995. The first-order valence-corrected chi connectivity index (χ1v) is 3.73. The van der Waals surface area contributed by atoms with Gasteiger partial charge < -0.3 is 4.90 Å². The van der Waals surface area contributed by atoms with Gasteiger partial charge in [-0.2, -0.15) is 0 Å². The van der Waals surface area contributed by atoms with Gasteiger partial charge >= 0.3 is 0 Å². The van der Waals surface area contributed by atoms with Crippen LogP contribution in [0.2, 0.25) is 0 Å². The first kappa shape index (κ1) is 13.9. The molecule has 0 bridgehead atoms. The number of hydrogen-bond donors (Lipinski definition) is 0. The summed E-state index contributed by atoms with van der Waals surface area (Å²) in [5, 5.41) is 0. The molecule has 0 atom stereocenters. The molecule has 1 aliphatic heterocycles. The third kappa shape index (κ3) is 3.58. The predicted octanol–water partition coefficient (Wildman–Crippen LogP) is 2.64. The van der Waals surface area contributed by atoms with E-state index < -0.39 is 18.8 Å². The molecular formula is C9H9F3NY-. The van der Waals surface area contributed by atoms with Gasteiger partial charge in [0, 0.05) is 38.5 Å². The third-order valence-electron chi connectivity index (χ3n) is 1.58. The van der Waals surface area contributed by atoms with Gasteiger partial charge in [0.25, 0.3) is 6.43 Å². The van der Waals surface area contributed by atoms with Crippen LogP contribution in [0.5, 0.6) is 0 Å². The van der Waals surface area contributed by atoms with Gasteiger partial charge in [0.2, 0.25) is 0 Å². The molecule has 0 spiro atoms. The molecule has 14 heavy (non-hydrogen) atoms. The van der Waals surface area contributed by atoms with Crippen molar-refractivity contribution in [1.82, 2.24) is 4.90 Å². The topological polar surface area (TPSA) is 3.24 Å². The van der Waals surface area contributed by atoms with Crippen LogP contribution in [0.1, 0.15) is 6.92 Å². The molecule has 0 fully saturated rings. The van der Waals surface area contributed by atoms with E-state index >= 15 is 0 Å². The molecule has 5 heteroatoms. The van der Waals surface area contributed by atoms with Crippen LogP contribution >= 0.6 is 0 Å². The Morgan fingerprint density at radius 3 is 2.64 bits per heavy atom. The first-order valence-electron chi connectivity index (χ1n) is 3.73. The van der Waals surface area contributed by atoms with Crippen molar-refractivity contribution in [2.45, 2.75) is 13.3 Å². The van der Waals surface area contributed by atoms with E-state index in [1.807, 2.05) is 0 Å². The van der Waals surface area contributed by atoms with E-state index in [0.717, 1.165) is 4.90 Å². The van der Waals surface area contributed by atoms with E-state index in [9.17, 15) is 13.2 Å². The largest absolute Gasteiger partial charge is 0.449 e. The molecule has 0 saturated carbocycles. The second-order valence-corrected chi connectivity index (χ2v) is 2.74. The fourth-order valence-electron chi connectivity index (χ4n) is 1.01. The monoisotopic (exact) mass is 277 g/mol. The minimum Gasteiger partial charge on any atom is -0.449 e. The average Bonchev–Trinajstić information content (AvgIpc) is 1.98. The zero-order valence-corrected chi connectivity index (χ0v) is 10.6. The molecule has 0 unspecified atom stereocenters. The van der Waals surface area contributed by atoms with Gasteiger partial charge in [-0.25, -0.2) is 13.2 Å². The number of hydrogen-bond acceptors (Lipinski definition) is 1. The van der Waals surface area contributed by atoms with Crippen LogP contribution in [0.4, 0.5) is 13.2 Å². The molecule has 1 rings (SSSR count). The summed E-state index contributed by atoms with van der Waals surface area (Å²) in [6, 6.07) is 0. The zero-order chi connectivity index (χ0) is 10.0. The Balaban J connectivity index is 0.00000169. The fraction of sp³-hybridized carbons (Fsp3) is 0.333. The van der Waals surface area contributed by atoms with Crippen molar-refractivity contribution in [1.29, 1.82) is 0 Å². The van der Waals surface area contributed by atoms with Crippen LogP contribution in [-0.4, -0.2) is 17.9 Å². The summed E-state index contributed by atoms with van der Waals surface area (Å²) in [5.74, 6) is -0.586. The molecule has 1 radical (unpaired) electrons. The van der Waals surface area contributed by atoms with E-state index in [4.69, 9.17) is 0 Å². The SMILES string of the molecule is C=C1C(F)=CC(C)=[C-]N1CC(F)F.[Y]. The Morgan fingerprint density at radius 1 is 1.57 bits per heavy atom. The van der Waals surface area contributed by atoms with Crippen LogP contribution < -0.4 is 0 Å². The molecule has 0 aliphatic carbocycles. The molecule has 0 saturated heterocycles. The van der Waals surface area contributed by atoms with Crippen molar-refractivity contribution in [3.63, 3.8) is 0 Å². The molecule has 75 valence electrons. The Kier molecular flexibility index (Phi) is 5.68. The van der Waals surface area contributed by atoms with Crippen LogP contribution in [0.25, 0.3) is 0 Å². The number of allylic oxidation sites excluding steroid dienone is 3. The van der Waals surface area contributed by atoms with Crippen molar-refractivity contribution in [2.75, 3.05) is 6.54 Å². The van der Waals surface area contributed by atoms with Gasteiger partial charge in [0.1, 0.15) is 0 Å². The summed E-state index contributed by atoms with van der Waals surface area (Å²) in [5.41, 5.74) is 0.413. The van der Waals surface area contributed by atoms with E-state index in [2.05, 4.69) is 12.8 Å². The molecule has 0 aromatic carbocycles. The Hall–Kier alpha value is -0.0861. The van der Waals surface area contributed by atoms with Crippen LogP contribution in [0.15, 0.2) is 29.8 Å². The Bertz CT molecular complexity index is 284. The van der Waals surface area contributed by atoms with Crippen molar-refractivity contribution in [2.24, 2.45) is 0 Å². The fourth-order valence-corrected chi connectivity index (χ4v) is 1.01. The van der Waals surface area contributed by atoms with Gasteiger partial charge in [-0.1, -0.05) is 13.1 Å². The smallest absolute Gasteiger partial charge is 0.254 e. The second kappa shape index (κ2) is 5.71. The van der Waals surface area contributed by atoms with E-state index in [-0.39, 0.29) is 38.4 Å². The van der Waals surface area contributed by atoms with Crippen molar-refractivity contribution in [3.8, 4) is 0 Å². The zero-order valence-electron chi connectivity index (χ0n) is 7.73. The third-order valence-corrected chi connectivity index (χ3v) is 1.58. The summed E-state index contributed by atoms with van der Waals surface area (Å²) >= 11 is 0. The van der Waals surface area contributed by atoms with Crippen molar-refractivity contribution >= 4 is 0 Å². The maximum Gasteiger partial charge on any atom is 0.254 e. The van der Waals surface area contributed by atoms with Crippen LogP contribution in [0.3, 0.4) is 0 Å². The second-order valence-electron chi connectivity index (χ2n) is 2.74. The standard InChI is InChI=1S/C9H9F3N.Y/c1-6-3-8(10)7(2)13(4-6)5-9(11)12;/h3,9H,2,5H2,1H3;/q-1;. The van der Waals surface area contributed by atoms with E-state index in [1.54, 1.807) is 6.92 Å². The maximum atomic E-state index is 12.9. The summed E-state index contributed by atoms with van der Waals surface area (Å²) in [7, 11) is 0. The van der Waals surface area contributed by atoms with E-state index in [1.165, 1.54) is 6.08 Å². The van der Waals surface area contributed by atoms with Crippen LogP contribution in [0, 0.1) is 6.20 Å². The van der Waals surface area contributed by atoms with Crippen LogP contribution in [-0.2, 0) is 32.7 Å². The maximum absolute atomic E-state index is 12.9. The van der Waals surface area contributed by atoms with Gasteiger partial charge in [0.05, 0.1) is 6.54 Å². The summed E-state index contributed by atoms with van der Waals surface area (Å²) in [6.07, 6.45) is 1.27. The quantitative estimate of drug-likeness (QED) is 0.701. The minimum atomic E-state index is -2.53. The molecule has 0 N–H and O–H groups in total. The normalized spacial score (nSPS) is 16.4. The molecule has 1 nitrogen and oxygen atoms in total. The summed E-state index contributed by atoms with van der Waals surface area (Å²) < 4.78 is 36.9. The molecule has 1 aliphatic rings. The number of nitrogens with zero attached hydrogens (tertiary/aromatic N) is 1. The van der Waals surface area contributed by atoms with Gasteiger partial charge in [0.15, 0.2) is 0 Å². The summed E-state index contributed by atoms with van der Waals surface area (Å²) in [6.45, 7) is 4.35. The predicted molar refractivity (Wildman–Crippen MR) is 43.5 cm³/mol. The molecule has 0 aromatic rings. The molecular weight excluding hydrogens is 268 g/mol. The van der Waals surface area contributed by atoms with E-state index in [0.29, 0.717) is 5.57 Å². The Morgan fingerprint density at radius 2 is 2.14 bits per heavy atom. The molecule has 0 aromatic heterocycles. The number of halogens is 3. The number of alkyl halides is 2. The van der Waals surface area contributed by atoms with Gasteiger partial charge in [-0.15, -0.1) is 18.2 Å². The molecule has 1 heterocycles. The molecule has 0 amide bonds. The van der Waals surface area contributed by atoms with Gasteiger partial charge in [-0.3, -0.25) is 0 Å². The number of rotatable bonds is 2. The van der Waals surface area contributed by atoms with Gasteiger partial charge in [-0.05, 0) is 5.70 Å². The van der Waals surface area contributed by atoms with Crippen molar-refractivity contribution < 1.29 is 45.9 Å². The average molecular weight is 277 g/mol. The van der Waals surface area contributed by atoms with Crippen molar-refractivity contribution in [3.05, 3.63) is 36.0 Å². The minimum absolute atomic E-state index is 0. The first-order chi connectivity index (χ1) is 6.00. The Labute approximate surface area is 106 Å².